The highest BCUT2D eigenvalue weighted by Gasteiger charge is 2.09. The van der Waals surface area contributed by atoms with E-state index in [1.807, 2.05) is 34.9 Å². The van der Waals surface area contributed by atoms with Gasteiger partial charge in [0.25, 0.3) is 0 Å². The van der Waals surface area contributed by atoms with E-state index in [2.05, 4.69) is 9.97 Å². The highest BCUT2D eigenvalue weighted by atomic mass is 19.1. The fourth-order valence-corrected chi connectivity index (χ4v) is 2.90. The van der Waals surface area contributed by atoms with E-state index in [-0.39, 0.29) is 18.0 Å². The van der Waals surface area contributed by atoms with Crippen LogP contribution in [0.2, 0.25) is 0 Å². The van der Waals surface area contributed by atoms with Gasteiger partial charge >= 0.3 is 0 Å². The number of carbonyl (C=O) groups excluding carboxylic acids is 1. The Hall–Kier alpha value is -3.34. The summed E-state index contributed by atoms with van der Waals surface area (Å²) in [6.45, 7) is 0. The van der Waals surface area contributed by atoms with Crippen molar-refractivity contribution in [1.82, 2.24) is 14.4 Å². The Bertz CT molecular complexity index is 1070. The van der Waals surface area contributed by atoms with Crippen molar-refractivity contribution >= 4 is 11.4 Å². The molecule has 4 aromatic rings. The van der Waals surface area contributed by atoms with Crippen molar-refractivity contribution < 1.29 is 9.18 Å². The third kappa shape index (κ3) is 3.52. The average molecular weight is 345 g/mol. The number of nitrogens with zero attached hydrogens (tertiary/aromatic N) is 3. The number of imidazole rings is 1. The number of hydrogen-bond donors (Lipinski definition) is 0. The van der Waals surface area contributed by atoms with E-state index in [4.69, 9.17) is 0 Å². The molecule has 0 aliphatic heterocycles. The molecule has 0 unspecified atom stereocenters. The first kappa shape index (κ1) is 16.1. The first-order valence-corrected chi connectivity index (χ1v) is 8.31. The topological polar surface area (TPSA) is 47.3 Å². The Morgan fingerprint density at radius 3 is 2.77 bits per heavy atom. The van der Waals surface area contributed by atoms with Gasteiger partial charge in [-0.3, -0.25) is 9.78 Å². The van der Waals surface area contributed by atoms with Crippen molar-refractivity contribution in [1.29, 1.82) is 0 Å². The zero-order chi connectivity index (χ0) is 17.9. The van der Waals surface area contributed by atoms with Gasteiger partial charge < -0.3 is 4.40 Å². The van der Waals surface area contributed by atoms with Crippen LogP contribution in [0.1, 0.15) is 27.2 Å². The van der Waals surface area contributed by atoms with Gasteiger partial charge in [0.05, 0.1) is 6.42 Å². The smallest absolute Gasteiger partial charge is 0.170 e. The van der Waals surface area contributed by atoms with Crippen LogP contribution in [0.15, 0.2) is 73.3 Å². The van der Waals surface area contributed by atoms with Crippen molar-refractivity contribution in [2.45, 2.75) is 12.8 Å². The third-order valence-electron chi connectivity index (χ3n) is 4.24. The van der Waals surface area contributed by atoms with Crippen molar-refractivity contribution in [2.24, 2.45) is 0 Å². The number of ketones is 1. The first-order valence-electron chi connectivity index (χ1n) is 8.31. The molecule has 0 atom stereocenters. The molecule has 0 bridgehead atoms. The molecule has 0 fully saturated rings. The molecule has 4 rings (SSSR count). The molecule has 0 aliphatic carbocycles. The molecule has 0 radical (unpaired) electrons. The minimum Gasteiger partial charge on any atom is -0.306 e. The second-order valence-electron chi connectivity index (χ2n) is 6.17. The lowest BCUT2D eigenvalue weighted by molar-refractivity contribution is 0.0991. The zero-order valence-electron chi connectivity index (χ0n) is 14.0. The van der Waals surface area contributed by atoms with Crippen molar-refractivity contribution in [2.75, 3.05) is 0 Å². The molecular weight excluding hydrogens is 329 g/mol. The molecular formula is C21H16FN3O. The number of rotatable bonds is 5. The van der Waals surface area contributed by atoms with Crippen LogP contribution in [0.4, 0.5) is 4.39 Å². The molecule has 0 saturated carbocycles. The lowest BCUT2D eigenvalue weighted by atomic mass is 10.0. The van der Waals surface area contributed by atoms with Crippen LogP contribution in [-0.2, 0) is 12.8 Å². The predicted molar refractivity (Wildman–Crippen MR) is 96.7 cm³/mol. The summed E-state index contributed by atoms with van der Waals surface area (Å²) >= 11 is 0. The van der Waals surface area contributed by atoms with Gasteiger partial charge in [-0.1, -0.05) is 18.2 Å². The zero-order valence-corrected chi connectivity index (χ0v) is 14.0. The second-order valence-corrected chi connectivity index (χ2v) is 6.17. The molecule has 3 heterocycles. The number of carbonyl (C=O) groups is 1. The minimum absolute atomic E-state index is 0.00554. The highest BCUT2D eigenvalue weighted by molar-refractivity contribution is 5.97. The number of fused-ring (bicyclic) bond motifs is 1. The Kier molecular flexibility index (Phi) is 4.27. The molecule has 0 saturated heterocycles. The molecule has 26 heavy (non-hydrogen) atoms. The molecule has 5 heteroatoms. The molecule has 0 aliphatic rings. The van der Waals surface area contributed by atoms with Crippen LogP contribution in [-0.4, -0.2) is 20.2 Å². The van der Waals surface area contributed by atoms with E-state index < -0.39 is 0 Å². The molecule has 3 aromatic heterocycles. The molecule has 128 valence electrons. The quantitative estimate of drug-likeness (QED) is 0.516. The second kappa shape index (κ2) is 6.88. The number of aromatic nitrogens is 3. The third-order valence-corrected chi connectivity index (χ3v) is 4.24. The van der Waals surface area contributed by atoms with E-state index in [0.717, 1.165) is 16.8 Å². The Labute approximate surface area is 150 Å². The Balaban J connectivity index is 1.45. The summed E-state index contributed by atoms with van der Waals surface area (Å²) in [6, 6.07) is 13.9. The Morgan fingerprint density at radius 1 is 1.04 bits per heavy atom. The maximum absolute atomic E-state index is 13.3. The van der Waals surface area contributed by atoms with Gasteiger partial charge in [-0.05, 0) is 47.9 Å². The average Bonchev–Trinajstić information content (AvgIpc) is 3.11. The summed E-state index contributed by atoms with van der Waals surface area (Å²) in [7, 11) is 0. The van der Waals surface area contributed by atoms with Gasteiger partial charge in [0.1, 0.15) is 11.5 Å². The van der Waals surface area contributed by atoms with E-state index in [1.54, 1.807) is 30.7 Å². The van der Waals surface area contributed by atoms with Crippen LogP contribution < -0.4 is 0 Å². The van der Waals surface area contributed by atoms with Gasteiger partial charge in [-0.15, -0.1) is 0 Å². The van der Waals surface area contributed by atoms with Crippen molar-refractivity contribution in [3.05, 3.63) is 102 Å². The monoisotopic (exact) mass is 345 g/mol. The van der Waals surface area contributed by atoms with E-state index in [9.17, 15) is 9.18 Å². The number of pyridine rings is 2. The minimum atomic E-state index is -0.243. The summed E-state index contributed by atoms with van der Waals surface area (Å²) < 4.78 is 15.1. The van der Waals surface area contributed by atoms with Gasteiger partial charge in [-0.25, -0.2) is 9.37 Å². The maximum Gasteiger partial charge on any atom is 0.170 e. The normalized spacial score (nSPS) is 11.0. The largest absolute Gasteiger partial charge is 0.306 e. The van der Waals surface area contributed by atoms with Gasteiger partial charge in [0, 0.05) is 36.0 Å². The number of benzene rings is 1. The van der Waals surface area contributed by atoms with E-state index >= 15 is 0 Å². The van der Waals surface area contributed by atoms with Gasteiger partial charge in [0.15, 0.2) is 5.78 Å². The SMILES string of the molecule is O=C(Cc1ccc(Cc2cccc(F)c2)cn1)c1ccc2nccn2c1. The standard InChI is InChI=1S/C21H16FN3O/c22-18-3-1-2-15(11-18)10-16-4-6-19(24-13-16)12-20(26)17-5-7-21-23-8-9-25(21)14-17/h1-9,11,13-14H,10,12H2. The molecule has 0 amide bonds. The number of Topliss-reactive ketones (excluding diaryl/α,β-unsaturated/α-hetero) is 1. The summed E-state index contributed by atoms with van der Waals surface area (Å²) in [5, 5.41) is 0. The van der Waals surface area contributed by atoms with Crippen LogP contribution in [0.3, 0.4) is 0 Å². The fourth-order valence-electron chi connectivity index (χ4n) is 2.90. The molecule has 0 spiro atoms. The van der Waals surface area contributed by atoms with Crippen LogP contribution in [0.25, 0.3) is 5.65 Å². The lowest BCUT2D eigenvalue weighted by Gasteiger charge is -2.05. The highest BCUT2D eigenvalue weighted by Crippen LogP contribution is 2.12. The number of hydrogen-bond acceptors (Lipinski definition) is 3. The fraction of sp³-hybridized carbons (Fsp3) is 0.0952. The van der Waals surface area contributed by atoms with E-state index in [0.29, 0.717) is 17.7 Å². The van der Waals surface area contributed by atoms with Gasteiger partial charge in [0.2, 0.25) is 0 Å². The maximum atomic E-state index is 13.3. The Morgan fingerprint density at radius 2 is 1.96 bits per heavy atom. The molecule has 4 nitrogen and oxygen atoms in total. The molecule has 1 aromatic carbocycles. The van der Waals surface area contributed by atoms with Crippen molar-refractivity contribution in [3.8, 4) is 0 Å². The van der Waals surface area contributed by atoms with Crippen LogP contribution in [0, 0.1) is 5.82 Å². The molecule has 0 N–H and O–H groups in total. The summed E-state index contributed by atoms with van der Waals surface area (Å²) in [5.74, 6) is -0.237. The van der Waals surface area contributed by atoms with E-state index in [1.165, 1.54) is 12.1 Å². The predicted octanol–water partition coefficient (Wildman–Crippen LogP) is 3.88. The van der Waals surface area contributed by atoms with Crippen LogP contribution in [0.5, 0.6) is 0 Å². The summed E-state index contributed by atoms with van der Waals surface area (Å²) in [5.41, 5.74) is 4.02. The first-order chi connectivity index (χ1) is 12.7. The summed E-state index contributed by atoms with van der Waals surface area (Å²) in [6.07, 6.45) is 7.88. The summed E-state index contributed by atoms with van der Waals surface area (Å²) in [4.78, 5) is 21.0. The number of halogens is 1. The van der Waals surface area contributed by atoms with Crippen molar-refractivity contribution in [3.63, 3.8) is 0 Å². The lowest BCUT2D eigenvalue weighted by Crippen LogP contribution is -2.06. The van der Waals surface area contributed by atoms with Gasteiger partial charge in [-0.2, -0.15) is 0 Å². The van der Waals surface area contributed by atoms with Crippen LogP contribution >= 0.6 is 0 Å².